The number of rotatable bonds is 6. The van der Waals surface area contributed by atoms with Crippen molar-refractivity contribution < 1.29 is 4.74 Å². The van der Waals surface area contributed by atoms with Crippen molar-refractivity contribution in [2.45, 2.75) is 32.4 Å². The third-order valence-corrected chi connectivity index (χ3v) is 3.42. The van der Waals surface area contributed by atoms with E-state index in [0.717, 1.165) is 12.0 Å². The van der Waals surface area contributed by atoms with E-state index in [-0.39, 0.29) is 12.1 Å². The van der Waals surface area contributed by atoms with E-state index in [4.69, 9.17) is 10.5 Å². The van der Waals surface area contributed by atoms with Crippen LogP contribution in [0.15, 0.2) is 54.6 Å². The number of hydrogen-bond acceptors (Lipinski definition) is 2. The first-order valence-electron chi connectivity index (χ1n) is 7.18. The van der Waals surface area contributed by atoms with Gasteiger partial charge < -0.3 is 10.5 Å². The Morgan fingerprint density at radius 3 is 2.45 bits per heavy atom. The molecule has 0 fully saturated rings. The minimum Gasteiger partial charge on any atom is -0.372 e. The van der Waals surface area contributed by atoms with Crippen molar-refractivity contribution in [2.75, 3.05) is 6.61 Å². The summed E-state index contributed by atoms with van der Waals surface area (Å²) < 4.78 is 5.87. The van der Waals surface area contributed by atoms with Crippen LogP contribution in [-0.4, -0.2) is 12.6 Å². The van der Waals surface area contributed by atoms with Gasteiger partial charge in [-0.1, -0.05) is 60.2 Å². The normalized spacial score (nSPS) is 13.9. The molecule has 2 unspecified atom stereocenters. The standard InChI is InChI=1S/C18H23NO/c1-3-20-18(16-10-5-4-6-11-16)17(19)13-15-9-7-8-14(2)12-15/h4-12,17-18H,3,13,19H2,1-2H3. The highest BCUT2D eigenvalue weighted by Crippen LogP contribution is 2.22. The van der Waals surface area contributed by atoms with Crippen molar-refractivity contribution in [2.24, 2.45) is 5.73 Å². The van der Waals surface area contributed by atoms with E-state index in [1.807, 2.05) is 25.1 Å². The first kappa shape index (κ1) is 14.8. The Kier molecular flexibility index (Phi) is 5.33. The molecule has 2 atom stereocenters. The van der Waals surface area contributed by atoms with Gasteiger partial charge in [0.05, 0.1) is 6.10 Å². The molecule has 0 aliphatic rings. The zero-order chi connectivity index (χ0) is 14.4. The van der Waals surface area contributed by atoms with Crippen LogP contribution < -0.4 is 5.73 Å². The Labute approximate surface area is 121 Å². The summed E-state index contributed by atoms with van der Waals surface area (Å²) in [6.07, 6.45) is 0.767. The SMILES string of the molecule is CCOC(c1ccccc1)C(N)Cc1cccc(C)c1. The van der Waals surface area contributed by atoms with Gasteiger partial charge in [-0.15, -0.1) is 0 Å². The van der Waals surface area contributed by atoms with Crippen LogP contribution in [0.5, 0.6) is 0 Å². The first-order chi connectivity index (χ1) is 9.70. The lowest BCUT2D eigenvalue weighted by atomic mass is 9.96. The van der Waals surface area contributed by atoms with Crippen molar-refractivity contribution >= 4 is 0 Å². The van der Waals surface area contributed by atoms with E-state index in [2.05, 4.69) is 43.3 Å². The van der Waals surface area contributed by atoms with Gasteiger partial charge in [-0.2, -0.15) is 0 Å². The lowest BCUT2D eigenvalue weighted by Crippen LogP contribution is -2.32. The fourth-order valence-electron chi connectivity index (χ4n) is 2.51. The van der Waals surface area contributed by atoms with Crippen LogP contribution >= 0.6 is 0 Å². The van der Waals surface area contributed by atoms with Crippen molar-refractivity contribution in [3.8, 4) is 0 Å². The van der Waals surface area contributed by atoms with Crippen LogP contribution in [0.4, 0.5) is 0 Å². The highest BCUT2D eigenvalue weighted by molar-refractivity contribution is 5.25. The number of nitrogens with two attached hydrogens (primary N) is 1. The van der Waals surface area contributed by atoms with Crippen LogP contribution in [0.1, 0.15) is 29.7 Å². The van der Waals surface area contributed by atoms with Crippen molar-refractivity contribution in [1.82, 2.24) is 0 Å². The van der Waals surface area contributed by atoms with Gasteiger partial charge in [0, 0.05) is 12.6 Å². The number of aryl methyl sites for hydroxylation is 1. The molecule has 0 radical (unpaired) electrons. The lowest BCUT2D eigenvalue weighted by molar-refractivity contribution is 0.0433. The molecular weight excluding hydrogens is 246 g/mol. The molecule has 0 heterocycles. The Morgan fingerprint density at radius 1 is 1.05 bits per heavy atom. The second-order valence-electron chi connectivity index (χ2n) is 5.14. The fraction of sp³-hybridized carbons (Fsp3) is 0.333. The van der Waals surface area contributed by atoms with Gasteiger partial charge in [-0.3, -0.25) is 0 Å². The lowest BCUT2D eigenvalue weighted by Gasteiger charge is -2.24. The summed E-state index contributed by atoms with van der Waals surface area (Å²) in [5.41, 5.74) is 10.1. The van der Waals surface area contributed by atoms with E-state index < -0.39 is 0 Å². The highest BCUT2D eigenvalue weighted by Gasteiger charge is 2.20. The third-order valence-electron chi connectivity index (χ3n) is 3.42. The molecule has 20 heavy (non-hydrogen) atoms. The molecule has 2 N–H and O–H groups in total. The van der Waals surface area contributed by atoms with Crippen LogP contribution in [0.25, 0.3) is 0 Å². The average molecular weight is 269 g/mol. The van der Waals surface area contributed by atoms with Crippen molar-refractivity contribution in [3.63, 3.8) is 0 Å². The molecular formula is C18H23NO. The van der Waals surface area contributed by atoms with Crippen molar-refractivity contribution in [1.29, 1.82) is 0 Å². The molecule has 0 aromatic heterocycles. The summed E-state index contributed by atoms with van der Waals surface area (Å²) in [5, 5.41) is 0. The van der Waals surface area contributed by atoms with Crippen LogP contribution in [0, 0.1) is 6.92 Å². The molecule has 2 aromatic rings. The van der Waals surface area contributed by atoms with Gasteiger partial charge in [0.1, 0.15) is 0 Å². The molecule has 2 aromatic carbocycles. The topological polar surface area (TPSA) is 35.2 Å². The van der Waals surface area contributed by atoms with E-state index >= 15 is 0 Å². The van der Waals surface area contributed by atoms with Gasteiger partial charge in [0.25, 0.3) is 0 Å². The number of hydrogen-bond donors (Lipinski definition) is 1. The Balaban J connectivity index is 2.13. The maximum Gasteiger partial charge on any atom is 0.0978 e. The number of benzene rings is 2. The Morgan fingerprint density at radius 2 is 1.80 bits per heavy atom. The van der Waals surface area contributed by atoms with Crippen molar-refractivity contribution in [3.05, 3.63) is 71.3 Å². The maximum absolute atomic E-state index is 6.39. The average Bonchev–Trinajstić information content (AvgIpc) is 2.45. The smallest absolute Gasteiger partial charge is 0.0978 e. The summed E-state index contributed by atoms with van der Waals surface area (Å²) in [4.78, 5) is 0. The zero-order valence-electron chi connectivity index (χ0n) is 12.3. The fourth-order valence-corrected chi connectivity index (χ4v) is 2.51. The molecule has 0 amide bonds. The molecule has 2 nitrogen and oxygen atoms in total. The number of ether oxygens (including phenoxy) is 1. The Hall–Kier alpha value is -1.64. The summed E-state index contributed by atoms with van der Waals surface area (Å²) in [6.45, 7) is 4.78. The van der Waals surface area contributed by atoms with E-state index in [9.17, 15) is 0 Å². The molecule has 0 bridgehead atoms. The predicted molar refractivity (Wildman–Crippen MR) is 83.7 cm³/mol. The first-order valence-corrected chi connectivity index (χ1v) is 7.18. The summed E-state index contributed by atoms with van der Waals surface area (Å²) in [6, 6.07) is 18.7. The zero-order valence-corrected chi connectivity index (χ0v) is 12.3. The summed E-state index contributed by atoms with van der Waals surface area (Å²) >= 11 is 0. The second-order valence-corrected chi connectivity index (χ2v) is 5.14. The van der Waals surface area contributed by atoms with Gasteiger partial charge >= 0.3 is 0 Å². The Bertz CT molecular complexity index is 524. The summed E-state index contributed by atoms with van der Waals surface area (Å²) in [5.74, 6) is 0. The maximum atomic E-state index is 6.39. The van der Waals surface area contributed by atoms with Gasteiger partial charge in [-0.05, 0) is 31.4 Å². The largest absolute Gasteiger partial charge is 0.372 e. The van der Waals surface area contributed by atoms with E-state index in [0.29, 0.717) is 6.61 Å². The van der Waals surface area contributed by atoms with Gasteiger partial charge in [0.2, 0.25) is 0 Å². The molecule has 0 aliphatic carbocycles. The van der Waals surface area contributed by atoms with Crippen LogP contribution in [0.3, 0.4) is 0 Å². The minimum atomic E-state index is -0.0540. The predicted octanol–water partition coefficient (Wildman–Crippen LogP) is 3.64. The molecule has 106 valence electrons. The summed E-state index contributed by atoms with van der Waals surface area (Å²) in [7, 11) is 0. The van der Waals surface area contributed by atoms with Gasteiger partial charge in [-0.25, -0.2) is 0 Å². The monoisotopic (exact) mass is 269 g/mol. The van der Waals surface area contributed by atoms with E-state index in [1.165, 1.54) is 11.1 Å². The van der Waals surface area contributed by atoms with Crippen LogP contribution in [-0.2, 0) is 11.2 Å². The second kappa shape index (κ2) is 7.22. The third kappa shape index (κ3) is 3.92. The minimum absolute atomic E-state index is 0.0425. The molecule has 0 saturated carbocycles. The van der Waals surface area contributed by atoms with E-state index in [1.54, 1.807) is 0 Å². The molecule has 2 heteroatoms. The molecule has 0 aliphatic heterocycles. The highest BCUT2D eigenvalue weighted by atomic mass is 16.5. The molecule has 0 saturated heterocycles. The van der Waals surface area contributed by atoms with Gasteiger partial charge in [0.15, 0.2) is 0 Å². The van der Waals surface area contributed by atoms with Crippen LogP contribution in [0.2, 0.25) is 0 Å². The molecule has 0 spiro atoms. The quantitative estimate of drug-likeness (QED) is 0.869. The molecule has 2 rings (SSSR count).